The summed E-state index contributed by atoms with van der Waals surface area (Å²) in [5.41, 5.74) is 0.0141. The molecule has 0 aliphatic carbocycles. The van der Waals surface area contributed by atoms with Gasteiger partial charge in [-0.3, -0.25) is 0 Å². The number of amides is 2. The summed E-state index contributed by atoms with van der Waals surface area (Å²) in [5, 5.41) is 15.5. The number of hydrogen-bond donors (Lipinski definition) is 3. The standard InChI is InChI=1S/C16H18FN3O2S/c17-13-4-3-12(9-14(13)20-6-1-2-7-20)19-15(21)18-10-16(22)5-8-23-11-16/h1-4,6-7,9,22H,5,8,10-11H2,(H2,18,19,21)/t16-/m0/s1. The maximum atomic E-state index is 13.9. The summed E-state index contributed by atoms with van der Waals surface area (Å²) in [4.78, 5) is 12.0. The summed E-state index contributed by atoms with van der Waals surface area (Å²) < 4.78 is 15.5. The van der Waals surface area contributed by atoms with Crippen molar-refractivity contribution in [2.45, 2.75) is 12.0 Å². The van der Waals surface area contributed by atoms with Gasteiger partial charge in [0.1, 0.15) is 5.82 Å². The minimum absolute atomic E-state index is 0.206. The Bertz CT molecular complexity index is 685. The molecule has 1 fully saturated rings. The Labute approximate surface area is 137 Å². The molecule has 23 heavy (non-hydrogen) atoms. The van der Waals surface area contributed by atoms with Gasteiger partial charge in [0.15, 0.2) is 0 Å². The molecule has 122 valence electrons. The summed E-state index contributed by atoms with van der Waals surface area (Å²) in [5.74, 6) is 1.16. The van der Waals surface area contributed by atoms with Gasteiger partial charge >= 0.3 is 6.03 Å². The molecule has 2 amide bonds. The number of nitrogens with one attached hydrogen (secondary N) is 2. The first-order valence-corrected chi connectivity index (χ1v) is 8.49. The second-order valence-corrected chi connectivity index (χ2v) is 6.70. The van der Waals surface area contributed by atoms with Crippen molar-refractivity contribution in [2.24, 2.45) is 0 Å². The van der Waals surface area contributed by atoms with Crippen LogP contribution in [0.15, 0.2) is 42.7 Å². The Morgan fingerprint density at radius 3 is 2.87 bits per heavy atom. The maximum Gasteiger partial charge on any atom is 0.319 e. The second kappa shape index (κ2) is 6.64. The van der Waals surface area contributed by atoms with Gasteiger partial charge in [0, 0.05) is 30.4 Å². The van der Waals surface area contributed by atoms with Crippen LogP contribution in [0.5, 0.6) is 0 Å². The lowest BCUT2D eigenvalue weighted by atomic mass is 10.0. The van der Waals surface area contributed by atoms with Gasteiger partial charge in [0.25, 0.3) is 0 Å². The molecule has 2 heterocycles. The number of halogens is 1. The zero-order chi connectivity index (χ0) is 16.3. The molecule has 0 saturated carbocycles. The third-order valence-corrected chi connectivity index (χ3v) is 4.98. The maximum absolute atomic E-state index is 13.9. The van der Waals surface area contributed by atoms with Crippen molar-refractivity contribution in [1.82, 2.24) is 9.88 Å². The zero-order valence-corrected chi connectivity index (χ0v) is 13.3. The van der Waals surface area contributed by atoms with Gasteiger partial charge in [-0.25, -0.2) is 9.18 Å². The molecule has 0 bridgehead atoms. The highest BCUT2D eigenvalue weighted by Crippen LogP contribution is 2.27. The predicted octanol–water partition coefficient (Wildman–Crippen LogP) is 2.61. The van der Waals surface area contributed by atoms with Crippen LogP contribution in [-0.4, -0.2) is 39.4 Å². The monoisotopic (exact) mass is 335 g/mol. The molecule has 1 aliphatic rings. The van der Waals surface area contributed by atoms with Crippen LogP contribution in [0.4, 0.5) is 14.9 Å². The van der Waals surface area contributed by atoms with Crippen molar-refractivity contribution in [3.05, 3.63) is 48.5 Å². The third-order valence-electron chi connectivity index (χ3n) is 3.75. The molecular formula is C16H18FN3O2S. The van der Waals surface area contributed by atoms with Crippen LogP contribution in [0.25, 0.3) is 5.69 Å². The number of anilines is 1. The van der Waals surface area contributed by atoms with Crippen molar-refractivity contribution >= 4 is 23.5 Å². The number of carbonyl (C=O) groups is 1. The summed E-state index contributed by atoms with van der Waals surface area (Å²) in [6, 6.07) is 7.56. The number of aliphatic hydroxyl groups is 1. The van der Waals surface area contributed by atoms with Gasteiger partial charge in [-0.2, -0.15) is 11.8 Å². The molecule has 0 spiro atoms. The van der Waals surface area contributed by atoms with Crippen molar-refractivity contribution in [3.63, 3.8) is 0 Å². The first-order valence-electron chi connectivity index (χ1n) is 7.34. The Morgan fingerprint density at radius 1 is 1.39 bits per heavy atom. The van der Waals surface area contributed by atoms with Gasteiger partial charge in [-0.1, -0.05) is 0 Å². The number of benzene rings is 1. The van der Waals surface area contributed by atoms with Crippen molar-refractivity contribution in [1.29, 1.82) is 0 Å². The molecule has 1 aliphatic heterocycles. The minimum atomic E-state index is -0.832. The van der Waals surface area contributed by atoms with E-state index in [1.807, 2.05) is 0 Å². The van der Waals surface area contributed by atoms with E-state index in [4.69, 9.17) is 0 Å². The highest BCUT2D eigenvalue weighted by molar-refractivity contribution is 7.99. The number of aromatic nitrogens is 1. The highest BCUT2D eigenvalue weighted by atomic mass is 32.2. The van der Waals surface area contributed by atoms with E-state index in [9.17, 15) is 14.3 Å². The number of carbonyl (C=O) groups excluding carboxylic acids is 1. The highest BCUT2D eigenvalue weighted by Gasteiger charge is 2.31. The first kappa shape index (κ1) is 15.9. The van der Waals surface area contributed by atoms with Gasteiger partial charge in [-0.05, 0) is 42.5 Å². The third kappa shape index (κ3) is 3.86. The van der Waals surface area contributed by atoms with Crippen LogP contribution < -0.4 is 10.6 Å². The Hall–Kier alpha value is -1.99. The van der Waals surface area contributed by atoms with Crippen LogP contribution in [-0.2, 0) is 0 Å². The number of thioether (sulfide) groups is 1. The van der Waals surface area contributed by atoms with E-state index in [1.54, 1.807) is 46.9 Å². The van der Waals surface area contributed by atoms with Crippen LogP contribution in [0, 0.1) is 5.82 Å². The zero-order valence-electron chi connectivity index (χ0n) is 12.5. The summed E-state index contributed by atoms with van der Waals surface area (Å²) in [6.45, 7) is 0.206. The minimum Gasteiger partial charge on any atom is -0.387 e. The molecule has 1 saturated heterocycles. The van der Waals surface area contributed by atoms with E-state index in [2.05, 4.69) is 10.6 Å². The quantitative estimate of drug-likeness (QED) is 0.805. The normalized spacial score (nSPS) is 20.4. The number of hydrogen-bond acceptors (Lipinski definition) is 3. The van der Waals surface area contributed by atoms with Crippen LogP contribution in [0.3, 0.4) is 0 Å². The van der Waals surface area contributed by atoms with Crippen LogP contribution in [0.1, 0.15) is 6.42 Å². The lowest BCUT2D eigenvalue weighted by Crippen LogP contribution is -2.44. The van der Waals surface area contributed by atoms with E-state index in [-0.39, 0.29) is 12.4 Å². The second-order valence-electron chi connectivity index (χ2n) is 5.59. The fourth-order valence-corrected chi connectivity index (χ4v) is 3.73. The van der Waals surface area contributed by atoms with Crippen LogP contribution >= 0.6 is 11.8 Å². The molecule has 3 N–H and O–H groups in total. The van der Waals surface area contributed by atoms with Gasteiger partial charge in [-0.15, -0.1) is 0 Å². The van der Waals surface area contributed by atoms with Gasteiger partial charge in [0.05, 0.1) is 11.3 Å². The van der Waals surface area contributed by atoms with Crippen molar-refractivity contribution in [2.75, 3.05) is 23.4 Å². The van der Waals surface area contributed by atoms with Crippen LogP contribution in [0.2, 0.25) is 0 Å². The van der Waals surface area contributed by atoms with E-state index < -0.39 is 11.6 Å². The lowest BCUT2D eigenvalue weighted by Gasteiger charge is -2.21. The molecular weight excluding hydrogens is 317 g/mol. The van der Waals surface area contributed by atoms with E-state index in [0.717, 1.165) is 5.75 Å². The largest absolute Gasteiger partial charge is 0.387 e. The lowest BCUT2D eigenvalue weighted by molar-refractivity contribution is 0.0706. The topological polar surface area (TPSA) is 66.3 Å². The Kier molecular flexibility index (Phi) is 4.58. The summed E-state index contributed by atoms with van der Waals surface area (Å²) in [7, 11) is 0. The Morgan fingerprint density at radius 2 is 2.17 bits per heavy atom. The molecule has 5 nitrogen and oxygen atoms in total. The average Bonchev–Trinajstić information content (AvgIpc) is 3.19. The summed E-state index contributed by atoms with van der Waals surface area (Å²) in [6.07, 6.45) is 4.14. The van der Waals surface area contributed by atoms with E-state index in [0.29, 0.717) is 23.5 Å². The van der Waals surface area contributed by atoms with Gasteiger partial charge < -0.3 is 20.3 Å². The number of nitrogens with zero attached hydrogens (tertiary/aromatic N) is 1. The fraction of sp³-hybridized carbons (Fsp3) is 0.312. The van der Waals surface area contributed by atoms with Crippen molar-refractivity contribution < 1.29 is 14.3 Å². The predicted molar refractivity (Wildman–Crippen MR) is 89.6 cm³/mol. The Balaban J connectivity index is 1.63. The van der Waals surface area contributed by atoms with Gasteiger partial charge in [0.2, 0.25) is 0 Å². The molecule has 1 aromatic carbocycles. The number of urea groups is 1. The smallest absolute Gasteiger partial charge is 0.319 e. The SMILES string of the molecule is O=C(NC[C@@]1(O)CCSC1)Nc1ccc(F)c(-n2cccc2)c1. The number of rotatable bonds is 4. The molecule has 2 aromatic rings. The fourth-order valence-electron chi connectivity index (χ4n) is 2.44. The molecule has 0 unspecified atom stereocenters. The molecule has 1 atom stereocenters. The average molecular weight is 335 g/mol. The summed E-state index contributed by atoms with van der Waals surface area (Å²) >= 11 is 1.67. The molecule has 1 aromatic heterocycles. The molecule has 3 rings (SSSR count). The van der Waals surface area contributed by atoms with Crippen molar-refractivity contribution in [3.8, 4) is 5.69 Å². The van der Waals surface area contributed by atoms with E-state index >= 15 is 0 Å². The van der Waals surface area contributed by atoms with E-state index in [1.165, 1.54) is 12.1 Å². The molecule has 0 radical (unpaired) electrons. The first-order chi connectivity index (χ1) is 11.1. The molecule has 7 heteroatoms.